The Balaban J connectivity index is 1.20. The van der Waals surface area contributed by atoms with Gasteiger partial charge >= 0.3 is 12.1 Å². The van der Waals surface area contributed by atoms with E-state index in [0.717, 1.165) is 22.3 Å². The maximum Gasteiger partial charge on any atom is 0.411 e. The van der Waals surface area contributed by atoms with Gasteiger partial charge in [-0.25, -0.2) is 4.79 Å². The largest absolute Gasteiger partial charge is 0.481 e. The smallest absolute Gasteiger partial charge is 0.411 e. The van der Waals surface area contributed by atoms with E-state index in [-0.39, 0.29) is 36.4 Å². The standard InChI is InChI=1S/C25H22N2O6/c28-23(26-12-14-11-19(14)24(29)30)22-21(9-10-32-22)27-25(31)33-13-20-17-7-3-1-5-15(17)16-6-2-4-8-18(16)20/h1-10,14,19-20H,11-13H2,(H,26,28)(H,27,31)(H,29,30)/t14-,19-/m1/s1. The van der Waals surface area contributed by atoms with Crippen LogP contribution in [-0.2, 0) is 9.53 Å². The normalized spacial score (nSPS) is 18.2. The summed E-state index contributed by atoms with van der Waals surface area (Å²) in [7, 11) is 0. The van der Waals surface area contributed by atoms with Gasteiger partial charge in [-0.3, -0.25) is 14.9 Å². The molecule has 2 atom stereocenters. The van der Waals surface area contributed by atoms with Gasteiger partial charge in [-0.05, 0) is 34.6 Å². The highest BCUT2D eigenvalue weighted by Crippen LogP contribution is 2.44. The molecule has 2 aromatic carbocycles. The molecule has 0 bridgehead atoms. The van der Waals surface area contributed by atoms with Gasteiger partial charge < -0.3 is 19.6 Å². The third-order valence-corrected chi connectivity index (χ3v) is 6.22. The Morgan fingerprint density at radius 3 is 2.30 bits per heavy atom. The molecule has 0 radical (unpaired) electrons. The van der Waals surface area contributed by atoms with E-state index in [4.69, 9.17) is 14.3 Å². The summed E-state index contributed by atoms with van der Waals surface area (Å²) in [6, 6.07) is 17.6. The number of furan rings is 1. The molecule has 0 spiro atoms. The van der Waals surface area contributed by atoms with Gasteiger partial charge in [-0.1, -0.05) is 48.5 Å². The van der Waals surface area contributed by atoms with Gasteiger partial charge in [0.05, 0.1) is 17.9 Å². The van der Waals surface area contributed by atoms with E-state index < -0.39 is 23.9 Å². The van der Waals surface area contributed by atoms with E-state index in [9.17, 15) is 14.4 Å². The quantitative estimate of drug-likeness (QED) is 0.503. The second-order valence-corrected chi connectivity index (χ2v) is 8.26. The lowest BCUT2D eigenvalue weighted by Gasteiger charge is -2.14. The number of nitrogens with one attached hydrogen (secondary N) is 2. The minimum Gasteiger partial charge on any atom is -0.481 e. The van der Waals surface area contributed by atoms with Crippen LogP contribution >= 0.6 is 0 Å². The van der Waals surface area contributed by atoms with Gasteiger partial charge in [0.1, 0.15) is 6.61 Å². The van der Waals surface area contributed by atoms with Crippen molar-refractivity contribution < 1.29 is 28.6 Å². The van der Waals surface area contributed by atoms with Crippen LogP contribution in [-0.4, -0.2) is 36.2 Å². The Bertz CT molecular complexity index is 1190. The highest BCUT2D eigenvalue weighted by Gasteiger charge is 2.43. The van der Waals surface area contributed by atoms with E-state index >= 15 is 0 Å². The van der Waals surface area contributed by atoms with Crippen molar-refractivity contribution in [2.24, 2.45) is 11.8 Å². The molecule has 2 aliphatic rings. The zero-order chi connectivity index (χ0) is 22.9. The molecule has 0 unspecified atom stereocenters. The first-order valence-electron chi connectivity index (χ1n) is 10.7. The van der Waals surface area contributed by atoms with Gasteiger partial charge in [0, 0.05) is 18.5 Å². The molecular formula is C25H22N2O6. The molecule has 1 saturated carbocycles. The minimum absolute atomic E-state index is 0.0592. The lowest BCUT2D eigenvalue weighted by Crippen LogP contribution is -2.27. The van der Waals surface area contributed by atoms with E-state index in [2.05, 4.69) is 22.8 Å². The van der Waals surface area contributed by atoms with Crippen LogP contribution in [0.25, 0.3) is 11.1 Å². The van der Waals surface area contributed by atoms with Gasteiger partial charge in [0.2, 0.25) is 5.76 Å². The lowest BCUT2D eigenvalue weighted by atomic mass is 9.98. The molecule has 168 valence electrons. The number of rotatable bonds is 7. The van der Waals surface area contributed by atoms with Crippen molar-refractivity contribution in [1.82, 2.24) is 5.32 Å². The number of benzene rings is 2. The summed E-state index contributed by atoms with van der Waals surface area (Å²) >= 11 is 0. The number of carboxylic acids is 1. The maximum atomic E-state index is 12.5. The number of anilines is 1. The van der Waals surface area contributed by atoms with Gasteiger partial charge in [-0.2, -0.15) is 0 Å². The number of fused-ring (bicyclic) bond motifs is 3. The van der Waals surface area contributed by atoms with Crippen LogP contribution in [0.1, 0.15) is 34.0 Å². The Hall–Kier alpha value is -4.07. The van der Waals surface area contributed by atoms with Crippen LogP contribution in [0.5, 0.6) is 0 Å². The predicted octanol–water partition coefficient (Wildman–Crippen LogP) is 4.09. The van der Waals surface area contributed by atoms with E-state index in [1.807, 2.05) is 36.4 Å². The lowest BCUT2D eigenvalue weighted by molar-refractivity contribution is -0.138. The number of ether oxygens (including phenoxy) is 1. The third-order valence-electron chi connectivity index (χ3n) is 6.22. The number of carboxylic acid groups (broad SMARTS) is 1. The molecule has 1 fully saturated rings. The van der Waals surface area contributed by atoms with Crippen LogP contribution in [0.2, 0.25) is 0 Å². The second kappa shape index (κ2) is 8.46. The highest BCUT2D eigenvalue weighted by atomic mass is 16.5. The molecule has 3 N–H and O–H groups in total. The van der Waals surface area contributed by atoms with Crippen molar-refractivity contribution in [2.75, 3.05) is 18.5 Å². The summed E-state index contributed by atoms with van der Waals surface area (Å²) in [6.07, 6.45) is 1.14. The van der Waals surface area contributed by atoms with Crippen molar-refractivity contribution in [3.05, 3.63) is 77.7 Å². The SMILES string of the molecule is O=C(Nc1ccoc1C(=O)NC[C@H]1C[C@H]1C(=O)O)OCC1c2ccccc2-c2ccccc21. The van der Waals surface area contributed by atoms with Gasteiger partial charge in [-0.15, -0.1) is 0 Å². The predicted molar refractivity (Wildman–Crippen MR) is 119 cm³/mol. The summed E-state index contributed by atoms with van der Waals surface area (Å²) in [5.41, 5.74) is 4.67. The van der Waals surface area contributed by atoms with Crippen LogP contribution in [0.3, 0.4) is 0 Å². The molecule has 1 heterocycles. The Kier molecular flexibility index (Phi) is 5.34. The topological polar surface area (TPSA) is 118 Å². The molecular weight excluding hydrogens is 424 g/mol. The molecule has 0 saturated heterocycles. The summed E-state index contributed by atoms with van der Waals surface area (Å²) in [5, 5.41) is 14.2. The van der Waals surface area contributed by atoms with Crippen molar-refractivity contribution >= 4 is 23.7 Å². The van der Waals surface area contributed by atoms with Crippen LogP contribution in [0.4, 0.5) is 10.5 Å². The molecule has 0 aliphatic heterocycles. The zero-order valence-electron chi connectivity index (χ0n) is 17.6. The van der Waals surface area contributed by atoms with E-state index in [1.54, 1.807) is 0 Å². The summed E-state index contributed by atoms with van der Waals surface area (Å²) in [5.74, 6) is -2.01. The summed E-state index contributed by atoms with van der Waals surface area (Å²) in [4.78, 5) is 35.8. The van der Waals surface area contributed by atoms with Crippen molar-refractivity contribution in [3.8, 4) is 11.1 Å². The fourth-order valence-corrected chi connectivity index (χ4v) is 4.41. The average Bonchev–Trinajstić information content (AvgIpc) is 3.35. The fourth-order valence-electron chi connectivity index (χ4n) is 4.41. The summed E-state index contributed by atoms with van der Waals surface area (Å²) in [6.45, 7) is 0.387. The second-order valence-electron chi connectivity index (χ2n) is 8.26. The number of aliphatic carboxylic acids is 1. The van der Waals surface area contributed by atoms with Gasteiger partial charge in [0.15, 0.2) is 0 Å². The molecule has 8 heteroatoms. The highest BCUT2D eigenvalue weighted by molar-refractivity contribution is 6.00. The Labute approximate surface area is 189 Å². The Morgan fingerprint density at radius 2 is 1.67 bits per heavy atom. The maximum absolute atomic E-state index is 12.5. The number of hydrogen-bond donors (Lipinski definition) is 3. The average molecular weight is 446 g/mol. The summed E-state index contributed by atoms with van der Waals surface area (Å²) < 4.78 is 10.7. The van der Waals surface area contributed by atoms with Crippen molar-refractivity contribution in [2.45, 2.75) is 12.3 Å². The monoisotopic (exact) mass is 446 g/mol. The number of hydrogen-bond acceptors (Lipinski definition) is 5. The number of carbonyl (C=O) groups is 3. The number of amides is 2. The molecule has 33 heavy (non-hydrogen) atoms. The fraction of sp³-hybridized carbons (Fsp3) is 0.240. The van der Waals surface area contributed by atoms with Crippen molar-refractivity contribution in [1.29, 1.82) is 0 Å². The first-order chi connectivity index (χ1) is 16.0. The van der Waals surface area contributed by atoms with Crippen LogP contribution in [0, 0.1) is 11.8 Å². The molecule has 2 amide bonds. The first-order valence-corrected chi connectivity index (χ1v) is 10.7. The third kappa shape index (κ3) is 4.07. The van der Waals surface area contributed by atoms with Gasteiger partial charge in [0.25, 0.3) is 5.91 Å². The van der Waals surface area contributed by atoms with Crippen LogP contribution < -0.4 is 10.6 Å². The molecule has 5 rings (SSSR count). The van der Waals surface area contributed by atoms with Crippen LogP contribution in [0.15, 0.2) is 65.3 Å². The molecule has 8 nitrogen and oxygen atoms in total. The van der Waals surface area contributed by atoms with Crippen molar-refractivity contribution in [3.63, 3.8) is 0 Å². The van der Waals surface area contributed by atoms with E-state index in [0.29, 0.717) is 6.42 Å². The number of carbonyl (C=O) groups excluding carboxylic acids is 2. The molecule has 1 aromatic heterocycles. The molecule has 3 aromatic rings. The Morgan fingerprint density at radius 1 is 1.00 bits per heavy atom. The zero-order valence-corrected chi connectivity index (χ0v) is 17.6. The minimum atomic E-state index is -0.857. The molecule has 2 aliphatic carbocycles. The first kappa shape index (κ1) is 20.8. The van der Waals surface area contributed by atoms with E-state index in [1.165, 1.54) is 12.3 Å².